The molecule has 16 heteroatoms. The van der Waals surface area contributed by atoms with Crippen molar-refractivity contribution in [1.82, 2.24) is 0 Å². The molecule has 0 aliphatic heterocycles. The average Bonchev–Trinajstić information content (AvgIpc) is 2.52. The van der Waals surface area contributed by atoms with Crippen LogP contribution >= 0.6 is 0 Å². The molecule has 0 aromatic rings. The summed E-state index contributed by atoms with van der Waals surface area (Å²) in [4.78, 5) is 11.2. The van der Waals surface area contributed by atoms with Gasteiger partial charge in [-0.05, 0) is 6.92 Å². The van der Waals surface area contributed by atoms with Gasteiger partial charge in [0.05, 0.1) is 6.10 Å². The van der Waals surface area contributed by atoms with Gasteiger partial charge in [-0.3, -0.25) is 0 Å². The summed E-state index contributed by atoms with van der Waals surface area (Å²) in [6, 6.07) is 0. The van der Waals surface area contributed by atoms with Crippen molar-refractivity contribution in [2.24, 2.45) is 0 Å². The number of halogens is 13. The number of rotatable bonds is 10. The smallest absolute Gasteiger partial charge is 0.438 e. The number of hydrogen-bond donors (Lipinski definition) is 0. The third kappa shape index (κ3) is 6.62. The summed E-state index contributed by atoms with van der Waals surface area (Å²) in [7, 11) is 0. The van der Waals surface area contributed by atoms with E-state index in [-0.39, 0.29) is 6.92 Å². The maximum atomic E-state index is 13.9. The lowest BCUT2D eigenvalue weighted by Crippen LogP contribution is -2.70. The normalized spacial score (nSPS) is 15.6. The highest BCUT2D eigenvalue weighted by Crippen LogP contribution is 2.59. The number of ether oxygens (including phenoxy) is 2. The van der Waals surface area contributed by atoms with Crippen molar-refractivity contribution in [2.45, 2.75) is 62.2 Å². The van der Waals surface area contributed by atoms with Gasteiger partial charge in [0, 0.05) is 18.9 Å². The minimum Gasteiger partial charge on any atom is -0.460 e. The van der Waals surface area contributed by atoms with E-state index in [1.54, 1.807) is 0 Å². The molecule has 0 saturated heterocycles. The van der Waals surface area contributed by atoms with Crippen LogP contribution < -0.4 is 0 Å². The summed E-state index contributed by atoms with van der Waals surface area (Å²) in [5.74, 6) is -19.2. The van der Waals surface area contributed by atoms with Gasteiger partial charge in [-0.25, -0.2) is 18.0 Å². The molecule has 0 radical (unpaired) electrons. The van der Waals surface area contributed by atoms with Crippen LogP contribution in [0.1, 0.15) is 20.3 Å². The SMILES string of the molecule is C=C(C)C(=O)OCC(CC(F)(F)C(F)(F)C(F)(C(F)(F)F)C(F)(F)F)OCC(C)(F)F. The highest BCUT2D eigenvalue weighted by Gasteiger charge is 2.89. The van der Waals surface area contributed by atoms with E-state index in [9.17, 15) is 61.9 Å². The molecule has 0 spiro atoms. The van der Waals surface area contributed by atoms with Gasteiger partial charge in [0.2, 0.25) is 0 Å². The molecule has 0 aromatic carbocycles. The molecule has 0 N–H and O–H groups in total. The fourth-order valence-corrected chi connectivity index (χ4v) is 1.90. The Kier molecular flexibility index (Phi) is 8.51. The first kappa shape index (κ1) is 29.3. The molecule has 1 unspecified atom stereocenters. The van der Waals surface area contributed by atoms with Crippen LogP contribution in [0.3, 0.4) is 0 Å². The van der Waals surface area contributed by atoms with Crippen molar-refractivity contribution in [2.75, 3.05) is 13.2 Å². The van der Waals surface area contributed by atoms with Crippen molar-refractivity contribution >= 4 is 5.97 Å². The fraction of sp³-hybridized carbons (Fsp3) is 0.800. The maximum absolute atomic E-state index is 13.9. The third-order valence-corrected chi connectivity index (χ3v) is 3.48. The van der Waals surface area contributed by atoms with E-state index >= 15 is 0 Å². The third-order valence-electron chi connectivity index (χ3n) is 3.48. The fourth-order valence-electron chi connectivity index (χ4n) is 1.90. The van der Waals surface area contributed by atoms with Crippen LogP contribution in [0.25, 0.3) is 0 Å². The maximum Gasteiger partial charge on any atom is 0.438 e. The molecule has 0 bridgehead atoms. The molecule has 0 aliphatic rings. The molecular formula is C15H15F13O3. The van der Waals surface area contributed by atoms with E-state index in [0.29, 0.717) is 0 Å². The van der Waals surface area contributed by atoms with Gasteiger partial charge in [-0.15, -0.1) is 0 Å². The lowest BCUT2D eigenvalue weighted by atomic mass is 9.88. The van der Waals surface area contributed by atoms with Crippen LogP contribution in [-0.4, -0.2) is 61.1 Å². The van der Waals surface area contributed by atoms with Gasteiger partial charge in [-0.2, -0.15) is 43.9 Å². The Morgan fingerprint density at radius 1 is 0.871 bits per heavy atom. The van der Waals surface area contributed by atoms with E-state index in [2.05, 4.69) is 16.1 Å². The van der Waals surface area contributed by atoms with Crippen molar-refractivity contribution in [3.63, 3.8) is 0 Å². The highest BCUT2D eigenvalue weighted by molar-refractivity contribution is 5.86. The number of esters is 1. The van der Waals surface area contributed by atoms with Crippen molar-refractivity contribution in [3.05, 3.63) is 12.2 Å². The van der Waals surface area contributed by atoms with E-state index in [4.69, 9.17) is 0 Å². The quantitative estimate of drug-likeness (QED) is 0.226. The van der Waals surface area contributed by atoms with Gasteiger partial charge in [0.25, 0.3) is 5.92 Å². The summed E-state index contributed by atoms with van der Waals surface area (Å²) >= 11 is 0. The minimum atomic E-state index is -7.70. The van der Waals surface area contributed by atoms with E-state index < -0.39 is 73.1 Å². The molecule has 0 aromatic heterocycles. The van der Waals surface area contributed by atoms with Crippen LogP contribution in [0.2, 0.25) is 0 Å². The zero-order chi connectivity index (χ0) is 25.3. The van der Waals surface area contributed by atoms with E-state index in [0.717, 1.165) is 6.92 Å². The van der Waals surface area contributed by atoms with Crippen molar-refractivity contribution < 1.29 is 71.3 Å². The van der Waals surface area contributed by atoms with Gasteiger partial charge in [0.15, 0.2) is 0 Å². The van der Waals surface area contributed by atoms with Gasteiger partial charge >= 0.3 is 35.8 Å². The molecule has 1 atom stereocenters. The lowest BCUT2D eigenvalue weighted by molar-refractivity contribution is -0.428. The monoisotopic (exact) mass is 490 g/mol. The Balaban J connectivity index is 6.05. The van der Waals surface area contributed by atoms with Gasteiger partial charge < -0.3 is 9.47 Å². The zero-order valence-electron chi connectivity index (χ0n) is 15.5. The van der Waals surface area contributed by atoms with Crippen LogP contribution in [0.4, 0.5) is 57.1 Å². The Morgan fingerprint density at radius 2 is 1.29 bits per heavy atom. The van der Waals surface area contributed by atoms with Crippen LogP contribution in [-0.2, 0) is 14.3 Å². The number of alkyl halides is 13. The minimum absolute atomic E-state index is 0.136. The number of carbonyl (C=O) groups excluding carboxylic acids is 1. The first-order chi connectivity index (χ1) is 13.4. The summed E-state index contributed by atoms with van der Waals surface area (Å²) in [5, 5.41) is 0. The number of carbonyl (C=O) groups is 1. The molecule has 31 heavy (non-hydrogen) atoms. The molecule has 0 fully saturated rings. The predicted molar refractivity (Wildman–Crippen MR) is 76.6 cm³/mol. The largest absolute Gasteiger partial charge is 0.460 e. The second-order valence-corrected chi connectivity index (χ2v) is 6.52. The summed E-state index contributed by atoms with van der Waals surface area (Å²) in [6.07, 6.45) is -20.7. The van der Waals surface area contributed by atoms with Gasteiger partial charge in [-0.1, -0.05) is 6.58 Å². The molecule has 184 valence electrons. The molecular weight excluding hydrogens is 475 g/mol. The van der Waals surface area contributed by atoms with E-state index in [1.807, 2.05) is 0 Å². The highest BCUT2D eigenvalue weighted by atomic mass is 19.4. The average molecular weight is 490 g/mol. The Morgan fingerprint density at radius 3 is 1.61 bits per heavy atom. The first-order valence-electron chi connectivity index (χ1n) is 7.81. The van der Waals surface area contributed by atoms with Crippen molar-refractivity contribution in [3.8, 4) is 0 Å². The van der Waals surface area contributed by atoms with Crippen molar-refractivity contribution in [1.29, 1.82) is 0 Å². The zero-order valence-corrected chi connectivity index (χ0v) is 15.5. The predicted octanol–water partition coefficient (Wildman–Crippen LogP) is 5.64. The lowest BCUT2D eigenvalue weighted by Gasteiger charge is -2.40. The molecule has 0 amide bonds. The topological polar surface area (TPSA) is 35.5 Å². The first-order valence-corrected chi connectivity index (χ1v) is 7.81. The Labute approximate surface area is 166 Å². The standard InChI is InChI=1S/C15H15F13O3/c1-7(2)9(29)30-5-8(31-6-10(3,16)17)4-11(18,19)13(21,22)12(20,14(23,24)25)15(26,27)28/h8H,1,4-6H2,2-3H3. The summed E-state index contributed by atoms with van der Waals surface area (Å²) in [6.45, 7) is 0.733. The number of hydrogen-bond acceptors (Lipinski definition) is 3. The molecule has 0 saturated carbocycles. The Hall–Kier alpha value is -1.74. The van der Waals surface area contributed by atoms with Crippen LogP contribution in [0, 0.1) is 0 Å². The second-order valence-electron chi connectivity index (χ2n) is 6.52. The molecule has 3 nitrogen and oxygen atoms in total. The molecule has 0 rings (SSSR count). The van der Waals surface area contributed by atoms with Crippen LogP contribution in [0.15, 0.2) is 12.2 Å². The Bertz CT molecular complexity index is 632. The second kappa shape index (κ2) is 9.02. The summed E-state index contributed by atoms with van der Waals surface area (Å²) in [5.41, 5.74) is -8.13. The summed E-state index contributed by atoms with van der Waals surface area (Å²) < 4.78 is 178. The molecule has 0 aliphatic carbocycles. The molecule has 0 heterocycles. The van der Waals surface area contributed by atoms with E-state index in [1.165, 1.54) is 0 Å². The van der Waals surface area contributed by atoms with Gasteiger partial charge in [0.1, 0.15) is 13.2 Å². The van der Waals surface area contributed by atoms with Crippen LogP contribution in [0.5, 0.6) is 0 Å².